The van der Waals surface area contributed by atoms with E-state index in [9.17, 15) is 4.79 Å². The average molecular weight is 412 g/mol. The van der Waals surface area contributed by atoms with Crippen LogP contribution in [0.5, 0.6) is 0 Å². The van der Waals surface area contributed by atoms with Crippen LogP contribution in [0.25, 0.3) is 16.9 Å². The third kappa shape index (κ3) is 4.19. The number of aromatic nitrogens is 3. The smallest absolute Gasteiger partial charge is 0.340 e. The second kappa shape index (κ2) is 8.83. The van der Waals surface area contributed by atoms with Gasteiger partial charge in [0.05, 0.1) is 29.2 Å². The maximum absolute atomic E-state index is 12.5. The fraction of sp³-hybridized carbons (Fsp3) is 0.160. The van der Waals surface area contributed by atoms with Crippen molar-refractivity contribution < 1.29 is 9.53 Å². The monoisotopic (exact) mass is 412 g/mol. The van der Waals surface area contributed by atoms with Crippen LogP contribution in [0.1, 0.15) is 28.4 Å². The van der Waals surface area contributed by atoms with Gasteiger partial charge in [-0.25, -0.2) is 9.48 Å². The number of pyridine rings is 1. The number of ether oxygens (including phenoxy) is 1. The van der Waals surface area contributed by atoms with E-state index in [1.165, 1.54) is 0 Å². The van der Waals surface area contributed by atoms with Gasteiger partial charge in [0.15, 0.2) is 0 Å². The molecule has 2 aromatic carbocycles. The maximum Gasteiger partial charge on any atom is 0.340 e. The van der Waals surface area contributed by atoms with Gasteiger partial charge in [-0.1, -0.05) is 42.5 Å². The number of para-hydroxylation sites is 1. The summed E-state index contributed by atoms with van der Waals surface area (Å²) in [6.07, 6.45) is 3.64. The molecular weight excluding hydrogens is 388 g/mol. The first kappa shape index (κ1) is 20.3. The predicted octanol–water partition coefficient (Wildman–Crippen LogP) is 5.47. The quantitative estimate of drug-likeness (QED) is 0.425. The first-order chi connectivity index (χ1) is 15.1. The molecule has 156 valence electrons. The van der Waals surface area contributed by atoms with E-state index in [1.54, 1.807) is 13.0 Å². The molecule has 31 heavy (non-hydrogen) atoms. The molecule has 0 spiro atoms. The lowest BCUT2D eigenvalue weighted by molar-refractivity contribution is 0.0527. The molecule has 0 atom stereocenters. The predicted molar refractivity (Wildman–Crippen MR) is 122 cm³/mol. The van der Waals surface area contributed by atoms with Crippen molar-refractivity contribution in [3.63, 3.8) is 0 Å². The molecule has 4 rings (SSSR count). The second-order valence-electron chi connectivity index (χ2n) is 7.21. The highest BCUT2D eigenvalue weighted by molar-refractivity contribution is 5.96. The molecule has 0 radical (unpaired) electrons. The third-order valence-corrected chi connectivity index (χ3v) is 4.96. The van der Waals surface area contributed by atoms with E-state index in [4.69, 9.17) is 9.84 Å². The van der Waals surface area contributed by atoms with E-state index >= 15 is 0 Å². The van der Waals surface area contributed by atoms with Crippen LogP contribution in [0.15, 0.2) is 73.1 Å². The van der Waals surface area contributed by atoms with Gasteiger partial charge in [0.2, 0.25) is 0 Å². The lowest BCUT2D eigenvalue weighted by Crippen LogP contribution is -2.10. The Morgan fingerprint density at radius 2 is 1.68 bits per heavy atom. The summed E-state index contributed by atoms with van der Waals surface area (Å²) in [5.41, 5.74) is 5.93. The minimum atomic E-state index is -0.365. The number of hydrogen-bond acceptors (Lipinski definition) is 5. The molecule has 0 aliphatic rings. The summed E-state index contributed by atoms with van der Waals surface area (Å²) in [7, 11) is 0. The normalized spacial score (nSPS) is 10.7. The maximum atomic E-state index is 12.5. The summed E-state index contributed by atoms with van der Waals surface area (Å²) in [6, 6.07) is 19.3. The molecule has 2 aromatic heterocycles. The molecule has 0 fully saturated rings. The van der Waals surface area contributed by atoms with E-state index in [0.717, 1.165) is 33.9 Å². The summed E-state index contributed by atoms with van der Waals surface area (Å²) >= 11 is 0. The third-order valence-electron chi connectivity index (χ3n) is 4.96. The highest BCUT2D eigenvalue weighted by atomic mass is 16.5. The van der Waals surface area contributed by atoms with E-state index in [-0.39, 0.29) is 5.97 Å². The fourth-order valence-electron chi connectivity index (χ4n) is 3.54. The number of nitrogens with zero attached hydrogens (tertiary/aromatic N) is 3. The van der Waals surface area contributed by atoms with Crippen LogP contribution in [0.3, 0.4) is 0 Å². The fourth-order valence-corrected chi connectivity index (χ4v) is 3.54. The van der Waals surface area contributed by atoms with Gasteiger partial charge in [0, 0.05) is 24.0 Å². The van der Waals surface area contributed by atoms with Crippen molar-refractivity contribution >= 4 is 17.5 Å². The molecule has 6 heteroatoms. The Hall–Kier alpha value is -3.93. The first-order valence-electron chi connectivity index (χ1n) is 10.2. The zero-order valence-electron chi connectivity index (χ0n) is 17.8. The minimum Gasteiger partial charge on any atom is -0.462 e. The Bertz CT molecular complexity index is 1200. The van der Waals surface area contributed by atoms with Gasteiger partial charge in [0.1, 0.15) is 5.82 Å². The van der Waals surface area contributed by atoms with Crippen LogP contribution < -0.4 is 5.32 Å². The van der Waals surface area contributed by atoms with Crippen molar-refractivity contribution in [2.24, 2.45) is 0 Å². The molecule has 0 saturated carbocycles. The van der Waals surface area contributed by atoms with Gasteiger partial charge in [-0.2, -0.15) is 5.10 Å². The number of carbonyl (C=O) groups is 1. The number of aryl methyl sites for hydroxylation is 2. The number of anilines is 2. The van der Waals surface area contributed by atoms with E-state index in [1.807, 2.05) is 85.5 Å². The molecule has 0 unspecified atom stereocenters. The largest absolute Gasteiger partial charge is 0.462 e. The lowest BCUT2D eigenvalue weighted by atomic mass is 10.1. The number of hydrogen-bond donors (Lipinski definition) is 1. The van der Waals surface area contributed by atoms with Crippen LogP contribution in [0.2, 0.25) is 0 Å². The highest BCUT2D eigenvalue weighted by Crippen LogP contribution is 2.30. The molecule has 0 aliphatic heterocycles. The standard InChI is InChI=1S/C25H24N4O2/c1-4-31-25(30)20-12-8-9-13-21(20)27-23-14-22(19-10-6-5-7-11-19)28-29(23)24-17(2)15-26-16-18(24)3/h5-16,27H,4H2,1-3H3. The van der Waals surface area contributed by atoms with Crippen molar-refractivity contribution in [2.45, 2.75) is 20.8 Å². The Labute approximate surface area is 181 Å². The Morgan fingerprint density at radius 3 is 2.39 bits per heavy atom. The summed E-state index contributed by atoms with van der Waals surface area (Å²) in [5.74, 6) is 0.379. The number of benzene rings is 2. The van der Waals surface area contributed by atoms with Gasteiger partial charge >= 0.3 is 5.97 Å². The van der Waals surface area contributed by atoms with Crippen molar-refractivity contribution in [1.82, 2.24) is 14.8 Å². The second-order valence-corrected chi connectivity index (χ2v) is 7.21. The average Bonchev–Trinajstić information content (AvgIpc) is 3.18. The first-order valence-corrected chi connectivity index (χ1v) is 10.2. The minimum absolute atomic E-state index is 0.318. The van der Waals surface area contributed by atoms with Gasteiger partial charge in [0.25, 0.3) is 0 Å². The molecular formula is C25H24N4O2. The van der Waals surface area contributed by atoms with Crippen molar-refractivity contribution in [3.8, 4) is 16.9 Å². The van der Waals surface area contributed by atoms with Crippen LogP contribution in [-0.2, 0) is 4.74 Å². The molecule has 6 nitrogen and oxygen atoms in total. The summed E-state index contributed by atoms with van der Waals surface area (Å²) in [5, 5.41) is 8.29. The lowest BCUT2D eigenvalue weighted by Gasteiger charge is -2.15. The molecule has 0 amide bonds. The Kier molecular flexibility index (Phi) is 5.80. The number of nitrogens with one attached hydrogen (secondary N) is 1. The molecule has 0 bridgehead atoms. The zero-order valence-corrected chi connectivity index (χ0v) is 17.8. The van der Waals surface area contributed by atoms with Crippen molar-refractivity contribution in [2.75, 3.05) is 11.9 Å². The van der Waals surface area contributed by atoms with Crippen molar-refractivity contribution in [3.05, 3.63) is 89.7 Å². The Morgan fingerprint density at radius 1 is 1.00 bits per heavy atom. The summed E-state index contributed by atoms with van der Waals surface area (Å²) < 4.78 is 7.10. The van der Waals surface area contributed by atoms with E-state index in [0.29, 0.717) is 17.9 Å². The number of esters is 1. The van der Waals surface area contributed by atoms with Crippen LogP contribution in [0, 0.1) is 13.8 Å². The van der Waals surface area contributed by atoms with Crippen LogP contribution >= 0.6 is 0 Å². The van der Waals surface area contributed by atoms with E-state index < -0.39 is 0 Å². The van der Waals surface area contributed by atoms with Crippen molar-refractivity contribution in [1.29, 1.82) is 0 Å². The zero-order chi connectivity index (χ0) is 21.8. The van der Waals surface area contributed by atoms with Crippen LogP contribution in [0.4, 0.5) is 11.5 Å². The SMILES string of the molecule is CCOC(=O)c1ccccc1Nc1cc(-c2ccccc2)nn1-c1c(C)cncc1C. The summed E-state index contributed by atoms with van der Waals surface area (Å²) in [4.78, 5) is 16.7. The van der Waals surface area contributed by atoms with Gasteiger partial charge in [-0.05, 0) is 44.0 Å². The van der Waals surface area contributed by atoms with Gasteiger partial charge in [-0.3, -0.25) is 4.98 Å². The molecule has 1 N–H and O–H groups in total. The highest BCUT2D eigenvalue weighted by Gasteiger charge is 2.18. The number of rotatable bonds is 6. The molecule has 0 saturated heterocycles. The topological polar surface area (TPSA) is 69.0 Å². The molecule has 4 aromatic rings. The molecule has 2 heterocycles. The van der Waals surface area contributed by atoms with Gasteiger partial charge < -0.3 is 10.1 Å². The van der Waals surface area contributed by atoms with Gasteiger partial charge in [-0.15, -0.1) is 0 Å². The summed E-state index contributed by atoms with van der Waals surface area (Å²) in [6.45, 7) is 6.13. The Balaban J connectivity index is 1.85. The van der Waals surface area contributed by atoms with E-state index in [2.05, 4.69) is 10.3 Å². The molecule has 0 aliphatic carbocycles. The number of carbonyl (C=O) groups excluding carboxylic acids is 1. The van der Waals surface area contributed by atoms with Crippen LogP contribution in [-0.4, -0.2) is 27.3 Å².